The van der Waals surface area contributed by atoms with Gasteiger partial charge in [-0.15, -0.1) is 0 Å². The summed E-state index contributed by atoms with van der Waals surface area (Å²) in [6.45, 7) is 5.41. The highest BCUT2D eigenvalue weighted by Crippen LogP contribution is 2.26. The molecule has 0 atom stereocenters. The number of benzene rings is 2. The van der Waals surface area contributed by atoms with E-state index in [1.807, 2.05) is 0 Å². The summed E-state index contributed by atoms with van der Waals surface area (Å²) < 4.78 is 0. The van der Waals surface area contributed by atoms with E-state index in [4.69, 9.17) is 5.11 Å². The molecule has 100 valence electrons. The molecule has 0 radical (unpaired) electrons. The van der Waals surface area contributed by atoms with Crippen LogP contribution in [0.25, 0.3) is 0 Å². The molecule has 0 saturated heterocycles. The van der Waals surface area contributed by atoms with E-state index < -0.39 is 0 Å². The first-order valence-corrected chi connectivity index (χ1v) is 6.78. The molecule has 0 aromatic heterocycles. The van der Waals surface area contributed by atoms with E-state index in [0.29, 0.717) is 0 Å². The van der Waals surface area contributed by atoms with Crippen molar-refractivity contribution in [3.8, 4) is 0 Å². The highest BCUT2D eigenvalue weighted by molar-refractivity contribution is 5.63. The van der Waals surface area contributed by atoms with Gasteiger partial charge in [-0.25, -0.2) is 0 Å². The topological polar surface area (TPSA) is 23.5 Å². The van der Waals surface area contributed by atoms with Crippen LogP contribution in [0.1, 0.15) is 18.1 Å². The van der Waals surface area contributed by atoms with Crippen molar-refractivity contribution in [2.75, 3.05) is 18.1 Å². The monoisotopic (exact) mass is 255 g/mol. The van der Waals surface area contributed by atoms with Gasteiger partial charge < -0.3 is 10.0 Å². The molecule has 0 bridgehead atoms. The number of nitrogens with zero attached hydrogens (tertiary/aromatic N) is 1. The second-order valence-corrected chi connectivity index (χ2v) is 4.72. The molecular weight excluding hydrogens is 234 g/mol. The van der Waals surface area contributed by atoms with Gasteiger partial charge in [0, 0.05) is 24.5 Å². The lowest BCUT2D eigenvalue weighted by Crippen LogP contribution is -2.16. The predicted octanol–water partition coefficient (Wildman–Crippen LogP) is 3.69. The van der Waals surface area contributed by atoms with Crippen LogP contribution in [0.5, 0.6) is 0 Å². The third-order valence-corrected chi connectivity index (χ3v) is 3.28. The molecule has 2 aromatic carbocycles. The van der Waals surface area contributed by atoms with E-state index in [-0.39, 0.29) is 6.61 Å². The fourth-order valence-electron chi connectivity index (χ4n) is 2.28. The first-order valence-electron chi connectivity index (χ1n) is 6.78. The molecule has 19 heavy (non-hydrogen) atoms. The lowest BCUT2D eigenvalue weighted by Gasteiger charge is -2.24. The minimum Gasteiger partial charge on any atom is -0.396 e. The normalized spacial score (nSPS) is 10.5. The lowest BCUT2D eigenvalue weighted by molar-refractivity contribution is 0.299. The van der Waals surface area contributed by atoms with Gasteiger partial charge in [-0.3, -0.25) is 0 Å². The Hall–Kier alpha value is -1.80. The third kappa shape index (κ3) is 3.36. The summed E-state index contributed by atoms with van der Waals surface area (Å²) in [4.78, 5) is 2.29. The minimum absolute atomic E-state index is 0.203. The molecule has 0 fully saturated rings. The van der Waals surface area contributed by atoms with E-state index in [1.54, 1.807) is 0 Å². The van der Waals surface area contributed by atoms with Crippen molar-refractivity contribution in [3.05, 3.63) is 59.7 Å². The zero-order valence-corrected chi connectivity index (χ0v) is 11.6. The highest BCUT2D eigenvalue weighted by atomic mass is 16.2. The molecule has 2 nitrogen and oxygen atoms in total. The van der Waals surface area contributed by atoms with Crippen molar-refractivity contribution in [1.29, 1.82) is 0 Å². The van der Waals surface area contributed by atoms with E-state index in [0.717, 1.165) is 13.0 Å². The average Bonchev–Trinajstić information content (AvgIpc) is 2.42. The maximum Gasteiger partial charge on any atom is 0.0471 e. The van der Waals surface area contributed by atoms with E-state index in [9.17, 15) is 0 Å². The Morgan fingerprint density at radius 1 is 1.00 bits per heavy atom. The van der Waals surface area contributed by atoms with Gasteiger partial charge in [0.05, 0.1) is 0 Å². The summed E-state index contributed by atoms with van der Waals surface area (Å²) >= 11 is 0. The maximum atomic E-state index is 8.94. The number of aliphatic hydroxyl groups is 1. The van der Waals surface area contributed by atoms with Crippen LogP contribution in [0.3, 0.4) is 0 Å². The van der Waals surface area contributed by atoms with Crippen LogP contribution < -0.4 is 4.90 Å². The lowest BCUT2D eigenvalue weighted by atomic mass is 10.1. The molecule has 0 saturated carbocycles. The number of aryl methyl sites for hydroxylation is 1. The van der Waals surface area contributed by atoms with Gasteiger partial charge in [0.25, 0.3) is 0 Å². The second-order valence-electron chi connectivity index (χ2n) is 4.72. The Labute approximate surface area is 115 Å². The van der Waals surface area contributed by atoms with Crippen molar-refractivity contribution >= 4 is 11.4 Å². The number of anilines is 2. The van der Waals surface area contributed by atoms with Crippen molar-refractivity contribution in [2.24, 2.45) is 0 Å². The van der Waals surface area contributed by atoms with Crippen LogP contribution >= 0.6 is 0 Å². The maximum absolute atomic E-state index is 8.94. The fourth-order valence-corrected chi connectivity index (χ4v) is 2.28. The first kappa shape index (κ1) is 13.6. The number of rotatable bonds is 5. The second kappa shape index (κ2) is 6.39. The summed E-state index contributed by atoms with van der Waals surface area (Å²) in [5.41, 5.74) is 4.85. The summed E-state index contributed by atoms with van der Waals surface area (Å²) in [7, 11) is 0. The first-order chi connectivity index (χ1) is 9.24. The average molecular weight is 255 g/mol. The van der Waals surface area contributed by atoms with Crippen molar-refractivity contribution in [3.63, 3.8) is 0 Å². The van der Waals surface area contributed by atoms with Gasteiger partial charge in [0.15, 0.2) is 0 Å². The Bertz CT molecular complexity index is 519. The molecule has 0 heterocycles. The van der Waals surface area contributed by atoms with Crippen molar-refractivity contribution in [2.45, 2.75) is 20.3 Å². The number of aliphatic hydroxyl groups excluding tert-OH is 1. The molecule has 1 N–H and O–H groups in total. The van der Waals surface area contributed by atoms with E-state index in [2.05, 4.69) is 67.3 Å². The Morgan fingerprint density at radius 3 is 2.32 bits per heavy atom. The Balaban J connectivity index is 2.26. The summed E-state index contributed by atoms with van der Waals surface area (Å²) in [6, 6.07) is 17.0. The Kier molecular flexibility index (Phi) is 4.58. The summed E-state index contributed by atoms with van der Waals surface area (Å²) in [5, 5.41) is 8.94. The van der Waals surface area contributed by atoms with Gasteiger partial charge in [0.2, 0.25) is 0 Å². The molecule has 2 rings (SSSR count). The van der Waals surface area contributed by atoms with Crippen molar-refractivity contribution < 1.29 is 5.11 Å². The largest absolute Gasteiger partial charge is 0.396 e. The predicted molar refractivity (Wildman–Crippen MR) is 81.1 cm³/mol. The van der Waals surface area contributed by atoms with Gasteiger partial charge in [0.1, 0.15) is 0 Å². The van der Waals surface area contributed by atoms with Gasteiger partial charge >= 0.3 is 0 Å². The molecule has 0 aliphatic carbocycles. The van der Waals surface area contributed by atoms with Gasteiger partial charge in [-0.05, 0) is 55.7 Å². The molecule has 0 amide bonds. The standard InChI is InChI=1S/C17H21NO/c1-3-18(17-6-4-5-14(2)13-17)16-9-7-15(8-10-16)11-12-19/h4-10,13,19H,3,11-12H2,1-2H3. The molecule has 0 aliphatic rings. The van der Waals surface area contributed by atoms with Crippen molar-refractivity contribution in [1.82, 2.24) is 0 Å². The Morgan fingerprint density at radius 2 is 1.74 bits per heavy atom. The van der Waals surface area contributed by atoms with Crippen LogP contribution in [0, 0.1) is 6.92 Å². The van der Waals surface area contributed by atoms with Crippen LogP contribution in [-0.2, 0) is 6.42 Å². The van der Waals surface area contributed by atoms with Crippen LogP contribution in [-0.4, -0.2) is 18.3 Å². The fraction of sp³-hybridized carbons (Fsp3) is 0.294. The van der Waals surface area contributed by atoms with Crippen LogP contribution in [0.2, 0.25) is 0 Å². The van der Waals surface area contributed by atoms with Gasteiger partial charge in [-0.1, -0.05) is 24.3 Å². The van der Waals surface area contributed by atoms with Crippen LogP contribution in [0.15, 0.2) is 48.5 Å². The zero-order chi connectivity index (χ0) is 13.7. The molecule has 0 spiro atoms. The molecule has 2 aromatic rings. The molecule has 2 heteroatoms. The SMILES string of the molecule is CCN(c1ccc(CCO)cc1)c1cccc(C)c1. The quantitative estimate of drug-likeness (QED) is 0.880. The zero-order valence-electron chi connectivity index (χ0n) is 11.6. The molecular formula is C17H21NO. The molecule has 0 aliphatic heterocycles. The van der Waals surface area contributed by atoms with E-state index in [1.165, 1.54) is 22.5 Å². The number of hydrogen-bond acceptors (Lipinski definition) is 2. The van der Waals surface area contributed by atoms with Crippen LogP contribution in [0.4, 0.5) is 11.4 Å². The highest BCUT2D eigenvalue weighted by Gasteiger charge is 2.07. The van der Waals surface area contributed by atoms with Gasteiger partial charge in [-0.2, -0.15) is 0 Å². The third-order valence-electron chi connectivity index (χ3n) is 3.28. The molecule has 0 unspecified atom stereocenters. The van der Waals surface area contributed by atoms with E-state index >= 15 is 0 Å². The number of hydrogen-bond donors (Lipinski definition) is 1. The minimum atomic E-state index is 0.203. The smallest absolute Gasteiger partial charge is 0.0471 e. The summed E-state index contributed by atoms with van der Waals surface area (Å²) in [5.74, 6) is 0. The summed E-state index contributed by atoms with van der Waals surface area (Å²) in [6.07, 6.45) is 0.719.